The molecule has 0 bridgehead atoms. The van der Waals surface area contributed by atoms with Crippen molar-refractivity contribution < 1.29 is 9.59 Å². The van der Waals surface area contributed by atoms with Crippen LogP contribution in [0, 0.1) is 6.92 Å². The van der Waals surface area contributed by atoms with E-state index in [2.05, 4.69) is 5.32 Å². The topological polar surface area (TPSA) is 75.4 Å². The summed E-state index contributed by atoms with van der Waals surface area (Å²) in [7, 11) is 1.69. The molecule has 0 heterocycles. The average Bonchev–Trinajstić information content (AvgIpc) is 2.33. The van der Waals surface area contributed by atoms with Crippen LogP contribution in [0.15, 0.2) is 18.2 Å². The number of anilines is 1. The number of benzene rings is 1. The van der Waals surface area contributed by atoms with Crippen LogP contribution in [0.3, 0.4) is 0 Å². The number of nitrogens with one attached hydrogen (secondary N) is 1. The molecule has 0 aliphatic rings. The molecule has 0 saturated carbocycles. The molecule has 0 aromatic heterocycles. The molecule has 2 amide bonds. The highest BCUT2D eigenvalue weighted by atomic mass is 16.2. The number of carbonyl (C=O) groups is 2. The van der Waals surface area contributed by atoms with Gasteiger partial charge in [0.05, 0.1) is 6.54 Å². The van der Waals surface area contributed by atoms with Gasteiger partial charge in [0.15, 0.2) is 0 Å². The van der Waals surface area contributed by atoms with E-state index in [9.17, 15) is 9.59 Å². The number of hydrogen-bond donors (Lipinski definition) is 2. The van der Waals surface area contributed by atoms with Crippen LogP contribution >= 0.6 is 0 Å². The second kappa shape index (κ2) is 6.05. The Morgan fingerprint density at radius 3 is 2.56 bits per heavy atom. The maximum atomic E-state index is 11.8. The molecule has 0 saturated heterocycles. The molecule has 5 heteroatoms. The summed E-state index contributed by atoms with van der Waals surface area (Å²) in [6.07, 6.45) is 0. The minimum atomic E-state index is -0.289. The first-order valence-corrected chi connectivity index (χ1v) is 5.83. The van der Waals surface area contributed by atoms with Gasteiger partial charge in [-0.15, -0.1) is 0 Å². The van der Waals surface area contributed by atoms with Gasteiger partial charge in [-0.3, -0.25) is 9.59 Å². The average molecular weight is 249 g/mol. The summed E-state index contributed by atoms with van der Waals surface area (Å²) in [6.45, 7) is 4.35. The van der Waals surface area contributed by atoms with E-state index < -0.39 is 0 Å². The summed E-state index contributed by atoms with van der Waals surface area (Å²) in [6, 6.07) is 5.11. The predicted molar refractivity (Wildman–Crippen MR) is 71.2 cm³/mol. The molecule has 1 aromatic carbocycles. The monoisotopic (exact) mass is 249 g/mol. The number of aryl methyl sites for hydroxylation is 1. The van der Waals surface area contributed by atoms with Crippen LogP contribution < -0.4 is 11.1 Å². The first kappa shape index (κ1) is 14.0. The van der Waals surface area contributed by atoms with Gasteiger partial charge in [-0.05, 0) is 37.6 Å². The molecule has 1 aromatic rings. The Kier molecular flexibility index (Phi) is 4.71. The van der Waals surface area contributed by atoms with E-state index >= 15 is 0 Å². The molecule has 5 nitrogen and oxygen atoms in total. The van der Waals surface area contributed by atoms with Gasteiger partial charge in [-0.1, -0.05) is 0 Å². The summed E-state index contributed by atoms with van der Waals surface area (Å²) >= 11 is 0. The predicted octanol–water partition coefficient (Wildman–Crippen LogP) is 0.785. The van der Waals surface area contributed by atoms with Gasteiger partial charge in [0.2, 0.25) is 5.91 Å². The van der Waals surface area contributed by atoms with Gasteiger partial charge in [0, 0.05) is 24.8 Å². The smallest absolute Gasteiger partial charge is 0.251 e. The quantitative estimate of drug-likeness (QED) is 0.774. The van der Waals surface area contributed by atoms with Crippen molar-refractivity contribution in [3.05, 3.63) is 29.3 Å². The van der Waals surface area contributed by atoms with E-state index in [1.54, 1.807) is 30.1 Å². The van der Waals surface area contributed by atoms with Gasteiger partial charge in [0.25, 0.3) is 5.91 Å². The first-order valence-electron chi connectivity index (χ1n) is 5.83. The van der Waals surface area contributed by atoms with Crippen molar-refractivity contribution in [1.29, 1.82) is 0 Å². The van der Waals surface area contributed by atoms with Crippen molar-refractivity contribution >= 4 is 17.5 Å². The normalized spacial score (nSPS) is 9.94. The Morgan fingerprint density at radius 2 is 2.00 bits per heavy atom. The van der Waals surface area contributed by atoms with Crippen molar-refractivity contribution in [2.45, 2.75) is 13.8 Å². The molecule has 0 fully saturated rings. The first-order chi connectivity index (χ1) is 8.43. The molecule has 0 aliphatic heterocycles. The van der Waals surface area contributed by atoms with E-state index in [0.29, 0.717) is 17.8 Å². The summed E-state index contributed by atoms with van der Waals surface area (Å²) in [5, 5.41) is 2.58. The van der Waals surface area contributed by atoms with E-state index in [1.807, 2.05) is 13.8 Å². The fourth-order valence-electron chi connectivity index (χ4n) is 1.51. The zero-order valence-electron chi connectivity index (χ0n) is 11.0. The zero-order chi connectivity index (χ0) is 13.7. The molecule has 1 rings (SSSR count). The van der Waals surface area contributed by atoms with Gasteiger partial charge in [0.1, 0.15) is 0 Å². The third-order valence-corrected chi connectivity index (χ3v) is 2.66. The molecule has 0 atom stereocenters. The third kappa shape index (κ3) is 3.76. The summed E-state index contributed by atoms with van der Waals surface area (Å²) in [4.78, 5) is 24.9. The Bertz CT molecular complexity index is 437. The minimum Gasteiger partial charge on any atom is -0.399 e. The summed E-state index contributed by atoms with van der Waals surface area (Å²) in [5.41, 5.74) is 7.59. The largest absolute Gasteiger partial charge is 0.399 e. The second-order valence-corrected chi connectivity index (χ2v) is 4.22. The zero-order valence-corrected chi connectivity index (χ0v) is 11.0. The Morgan fingerprint density at radius 1 is 1.33 bits per heavy atom. The molecule has 98 valence electrons. The van der Waals surface area contributed by atoms with Crippen LogP contribution in [0.1, 0.15) is 22.8 Å². The molecule has 18 heavy (non-hydrogen) atoms. The lowest BCUT2D eigenvalue weighted by Gasteiger charge is -2.14. The number of rotatable bonds is 4. The van der Waals surface area contributed by atoms with Gasteiger partial charge in [-0.2, -0.15) is 0 Å². The Balaban J connectivity index is 2.63. The van der Waals surface area contributed by atoms with Crippen molar-refractivity contribution in [3.8, 4) is 0 Å². The molecule has 3 N–H and O–H groups in total. The Labute approximate surface area is 107 Å². The highest BCUT2D eigenvalue weighted by molar-refractivity contribution is 5.97. The van der Waals surface area contributed by atoms with E-state index in [4.69, 9.17) is 5.73 Å². The molecule has 0 aliphatic carbocycles. The van der Waals surface area contributed by atoms with Crippen LogP contribution in [-0.2, 0) is 4.79 Å². The minimum absolute atomic E-state index is 0.00296. The van der Waals surface area contributed by atoms with Crippen molar-refractivity contribution in [2.24, 2.45) is 0 Å². The van der Waals surface area contributed by atoms with Crippen molar-refractivity contribution in [3.63, 3.8) is 0 Å². The highest BCUT2D eigenvalue weighted by Crippen LogP contribution is 2.10. The number of likely N-dealkylation sites (N-methyl/N-ethyl adjacent to an activating group) is 1. The van der Waals surface area contributed by atoms with E-state index in [-0.39, 0.29) is 18.4 Å². The van der Waals surface area contributed by atoms with Crippen LogP contribution in [0.25, 0.3) is 0 Å². The van der Waals surface area contributed by atoms with E-state index in [1.165, 1.54) is 0 Å². The van der Waals surface area contributed by atoms with E-state index in [0.717, 1.165) is 5.56 Å². The fourth-order valence-corrected chi connectivity index (χ4v) is 1.51. The Hall–Kier alpha value is -2.04. The molecule has 0 spiro atoms. The number of carbonyl (C=O) groups excluding carboxylic acids is 2. The van der Waals surface area contributed by atoms with Gasteiger partial charge < -0.3 is 16.0 Å². The van der Waals surface area contributed by atoms with Crippen molar-refractivity contribution in [2.75, 3.05) is 25.9 Å². The lowest BCUT2D eigenvalue weighted by atomic mass is 10.1. The number of nitrogens with two attached hydrogens (primary N) is 1. The van der Waals surface area contributed by atoms with Gasteiger partial charge >= 0.3 is 0 Å². The highest BCUT2D eigenvalue weighted by Gasteiger charge is 2.11. The molecular weight excluding hydrogens is 230 g/mol. The number of nitrogen functional groups attached to an aromatic ring is 1. The standard InChI is InChI=1S/C13H19N3O2/c1-4-16(3)12(17)8-15-13(18)10-5-9(2)6-11(14)7-10/h5-7H,4,8,14H2,1-3H3,(H,15,18). The lowest BCUT2D eigenvalue weighted by molar-refractivity contribution is -0.128. The van der Waals surface area contributed by atoms with Crippen LogP contribution in [-0.4, -0.2) is 36.9 Å². The third-order valence-electron chi connectivity index (χ3n) is 2.66. The SMILES string of the molecule is CCN(C)C(=O)CNC(=O)c1cc(C)cc(N)c1. The molecule has 0 unspecified atom stereocenters. The number of nitrogens with zero attached hydrogens (tertiary/aromatic N) is 1. The van der Waals surface area contributed by atoms with Crippen molar-refractivity contribution in [1.82, 2.24) is 10.2 Å². The maximum absolute atomic E-state index is 11.8. The molecule has 0 radical (unpaired) electrons. The van der Waals surface area contributed by atoms with Gasteiger partial charge in [-0.25, -0.2) is 0 Å². The maximum Gasteiger partial charge on any atom is 0.251 e. The number of hydrogen-bond acceptors (Lipinski definition) is 3. The fraction of sp³-hybridized carbons (Fsp3) is 0.385. The second-order valence-electron chi connectivity index (χ2n) is 4.22. The van der Waals surface area contributed by atoms with Crippen LogP contribution in [0.2, 0.25) is 0 Å². The molecular formula is C13H19N3O2. The summed E-state index contributed by atoms with van der Waals surface area (Å²) < 4.78 is 0. The summed E-state index contributed by atoms with van der Waals surface area (Å²) in [5.74, 6) is -0.408. The van der Waals surface area contributed by atoms with Crippen LogP contribution in [0.4, 0.5) is 5.69 Å². The van der Waals surface area contributed by atoms with Crippen LogP contribution in [0.5, 0.6) is 0 Å². The lowest BCUT2D eigenvalue weighted by Crippen LogP contribution is -2.38. The number of amides is 2.